The SMILES string of the molecule is O=C(O)[C@H](CCC(=O)N1CCN(S(=O)(=O)c2ccc(Cc3ccccc3)cc2)CC1)N1C(=O)c2ccccc2C1=O. The fraction of sp³-hybridized carbons (Fsp3) is 0.267. The molecule has 11 heteroatoms. The molecular weight excluding hydrogens is 546 g/mol. The van der Waals surface area contributed by atoms with Crippen LogP contribution in [-0.2, 0) is 26.0 Å². The number of carbonyl (C=O) groups excluding carboxylic acids is 3. The highest BCUT2D eigenvalue weighted by Crippen LogP contribution is 2.27. The number of carboxylic acids is 1. The molecule has 212 valence electrons. The monoisotopic (exact) mass is 575 g/mol. The number of fused-ring (bicyclic) bond motifs is 1. The first-order valence-corrected chi connectivity index (χ1v) is 14.7. The Balaban J connectivity index is 1.16. The minimum absolute atomic E-state index is 0.0978. The summed E-state index contributed by atoms with van der Waals surface area (Å²) in [7, 11) is -3.75. The fourth-order valence-electron chi connectivity index (χ4n) is 5.21. The normalized spacial score (nSPS) is 16.5. The maximum absolute atomic E-state index is 13.2. The van der Waals surface area contributed by atoms with Gasteiger partial charge in [-0.3, -0.25) is 19.3 Å². The molecule has 41 heavy (non-hydrogen) atoms. The number of carbonyl (C=O) groups is 4. The van der Waals surface area contributed by atoms with Gasteiger partial charge in [-0.15, -0.1) is 0 Å². The maximum atomic E-state index is 13.2. The number of benzene rings is 3. The number of piperazine rings is 1. The van der Waals surface area contributed by atoms with Gasteiger partial charge in [0.15, 0.2) is 0 Å². The number of hydrogen-bond donors (Lipinski definition) is 1. The van der Waals surface area contributed by atoms with Gasteiger partial charge in [-0.2, -0.15) is 4.31 Å². The van der Waals surface area contributed by atoms with Crippen LogP contribution >= 0.6 is 0 Å². The largest absolute Gasteiger partial charge is 0.480 e. The van der Waals surface area contributed by atoms with E-state index >= 15 is 0 Å². The van der Waals surface area contributed by atoms with E-state index in [0.29, 0.717) is 11.3 Å². The second-order valence-corrected chi connectivity index (χ2v) is 11.9. The topological polar surface area (TPSA) is 132 Å². The minimum atomic E-state index is -3.75. The van der Waals surface area contributed by atoms with E-state index in [0.717, 1.165) is 11.1 Å². The van der Waals surface area contributed by atoms with Crippen molar-refractivity contribution in [1.82, 2.24) is 14.1 Å². The molecule has 5 rings (SSSR count). The number of hydrogen-bond acceptors (Lipinski definition) is 6. The zero-order chi connectivity index (χ0) is 29.1. The molecule has 1 atom stereocenters. The zero-order valence-corrected chi connectivity index (χ0v) is 23.0. The van der Waals surface area contributed by atoms with Crippen molar-refractivity contribution in [2.45, 2.75) is 30.2 Å². The Morgan fingerprint density at radius 3 is 1.85 bits per heavy atom. The quantitative estimate of drug-likeness (QED) is 0.388. The van der Waals surface area contributed by atoms with Crippen LogP contribution in [0.4, 0.5) is 0 Å². The van der Waals surface area contributed by atoms with Gasteiger partial charge in [0, 0.05) is 32.6 Å². The van der Waals surface area contributed by atoms with E-state index in [-0.39, 0.29) is 61.0 Å². The summed E-state index contributed by atoms with van der Waals surface area (Å²) in [5, 5.41) is 9.75. The highest BCUT2D eigenvalue weighted by Gasteiger charge is 2.43. The van der Waals surface area contributed by atoms with Gasteiger partial charge in [0.25, 0.3) is 11.8 Å². The maximum Gasteiger partial charge on any atom is 0.326 e. The van der Waals surface area contributed by atoms with Crippen LogP contribution in [0.25, 0.3) is 0 Å². The van der Waals surface area contributed by atoms with Gasteiger partial charge in [0.05, 0.1) is 16.0 Å². The summed E-state index contributed by atoms with van der Waals surface area (Å²) in [6.07, 6.45) is 0.241. The summed E-state index contributed by atoms with van der Waals surface area (Å²) < 4.78 is 27.8. The zero-order valence-electron chi connectivity index (χ0n) is 22.2. The first-order valence-electron chi connectivity index (χ1n) is 13.3. The third-order valence-electron chi connectivity index (χ3n) is 7.46. The van der Waals surface area contributed by atoms with Crippen molar-refractivity contribution in [1.29, 1.82) is 0 Å². The molecule has 1 saturated heterocycles. The summed E-state index contributed by atoms with van der Waals surface area (Å²) >= 11 is 0. The molecular formula is C30H29N3O7S. The molecule has 0 saturated carbocycles. The van der Waals surface area contributed by atoms with Gasteiger partial charge in [-0.25, -0.2) is 13.2 Å². The molecule has 1 fully saturated rings. The summed E-state index contributed by atoms with van der Waals surface area (Å²) in [6, 6.07) is 21.3. The molecule has 3 aromatic carbocycles. The number of rotatable bonds is 9. The van der Waals surface area contributed by atoms with Crippen molar-refractivity contribution in [3.8, 4) is 0 Å². The van der Waals surface area contributed by atoms with Gasteiger partial charge in [0.2, 0.25) is 15.9 Å². The lowest BCUT2D eigenvalue weighted by Gasteiger charge is -2.34. The van der Waals surface area contributed by atoms with Gasteiger partial charge < -0.3 is 10.0 Å². The Bertz CT molecular complexity index is 1550. The average Bonchev–Trinajstić information content (AvgIpc) is 3.23. The summed E-state index contributed by atoms with van der Waals surface area (Å²) in [5.41, 5.74) is 2.39. The van der Waals surface area contributed by atoms with Crippen molar-refractivity contribution >= 4 is 33.7 Å². The van der Waals surface area contributed by atoms with E-state index in [1.165, 1.54) is 21.3 Å². The number of sulfonamides is 1. The van der Waals surface area contributed by atoms with Gasteiger partial charge in [-0.1, -0.05) is 54.6 Å². The molecule has 0 radical (unpaired) electrons. The molecule has 1 N–H and O–H groups in total. The Morgan fingerprint density at radius 2 is 1.29 bits per heavy atom. The van der Waals surface area contributed by atoms with Crippen LogP contribution in [0.3, 0.4) is 0 Å². The predicted octanol–water partition coefficient (Wildman–Crippen LogP) is 2.64. The smallest absolute Gasteiger partial charge is 0.326 e. The van der Waals surface area contributed by atoms with Crippen LogP contribution in [0, 0.1) is 0 Å². The molecule has 3 amide bonds. The third-order valence-corrected chi connectivity index (χ3v) is 9.37. The molecule has 2 heterocycles. The lowest BCUT2D eigenvalue weighted by atomic mass is 10.1. The molecule has 2 aliphatic heterocycles. The van der Waals surface area contributed by atoms with E-state index in [9.17, 15) is 32.7 Å². The molecule has 2 aliphatic rings. The Morgan fingerprint density at radius 1 is 0.756 bits per heavy atom. The lowest BCUT2D eigenvalue weighted by Crippen LogP contribution is -2.51. The van der Waals surface area contributed by atoms with Gasteiger partial charge in [-0.05, 0) is 48.2 Å². The first-order chi connectivity index (χ1) is 19.7. The van der Waals surface area contributed by atoms with Crippen LogP contribution in [0.1, 0.15) is 44.7 Å². The third kappa shape index (κ3) is 5.77. The number of imide groups is 1. The van der Waals surface area contributed by atoms with Crippen LogP contribution in [0.5, 0.6) is 0 Å². The summed E-state index contributed by atoms with van der Waals surface area (Å²) in [4.78, 5) is 52.7. The van der Waals surface area contributed by atoms with Crippen molar-refractivity contribution in [2.75, 3.05) is 26.2 Å². The minimum Gasteiger partial charge on any atom is -0.480 e. The second-order valence-electron chi connectivity index (χ2n) is 10.0. The fourth-order valence-corrected chi connectivity index (χ4v) is 6.63. The molecule has 0 spiro atoms. The first kappa shape index (κ1) is 28.2. The Labute approximate surface area is 237 Å². The lowest BCUT2D eigenvalue weighted by molar-refractivity contribution is -0.142. The second kappa shape index (κ2) is 11.6. The predicted molar refractivity (Wildman–Crippen MR) is 149 cm³/mol. The van der Waals surface area contributed by atoms with Crippen molar-refractivity contribution < 1.29 is 32.7 Å². The molecule has 0 unspecified atom stereocenters. The van der Waals surface area contributed by atoms with Crippen LogP contribution < -0.4 is 0 Å². The van der Waals surface area contributed by atoms with Crippen LogP contribution in [0.15, 0.2) is 83.8 Å². The highest BCUT2D eigenvalue weighted by atomic mass is 32.2. The van der Waals surface area contributed by atoms with E-state index in [4.69, 9.17) is 0 Å². The van der Waals surface area contributed by atoms with Crippen LogP contribution in [-0.4, -0.2) is 83.5 Å². The van der Waals surface area contributed by atoms with Crippen LogP contribution in [0.2, 0.25) is 0 Å². The molecule has 3 aromatic rings. The van der Waals surface area contributed by atoms with Crippen molar-refractivity contribution in [3.05, 3.63) is 101 Å². The van der Waals surface area contributed by atoms with Crippen molar-refractivity contribution in [2.24, 2.45) is 0 Å². The van der Waals surface area contributed by atoms with Crippen molar-refractivity contribution in [3.63, 3.8) is 0 Å². The molecule has 0 aromatic heterocycles. The van der Waals surface area contributed by atoms with Gasteiger partial charge in [0.1, 0.15) is 6.04 Å². The number of carboxylic acid groups (broad SMARTS) is 1. The molecule has 0 aliphatic carbocycles. The Hall–Kier alpha value is -4.35. The number of amides is 3. The highest BCUT2D eigenvalue weighted by molar-refractivity contribution is 7.89. The van der Waals surface area contributed by atoms with Gasteiger partial charge >= 0.3 is 5.97 Å². The van der Waals surface area contributed by atoms with E-state index in [1.54, 1.807) is 36.4 Å². The van der Waals surface area contributed by atoms with E-state index < -0.39 is 33.8 Å². The standard InChI is InChI=1S/C30H29N3O7S/c34-27(15-14-26(30(37)38)33-28(35)24-8-4-5-9-25(24)29(33)36)31-16-18-32(19-17-31)41(39,40)23-12-10-22(11-13-23)20-21-6-2-1-3-7-21/h1-13,26H,14-20H2,(H,37,38)/t26-/m0/s1. The molecule has 0 bridgehead atoms. The Kier molecular flexibility index (Phi) is 8.00. The molecule has 10 nitrogen and oxygen atoms in total. The summed E-state index contributed by atoms with van der Waals surface area (Å²) in [6.45, 7) is 0.491. The number of nitrogens with zero attached hydrogens (tertiary/aromatic N) is 3. The van der Waals surface area contributed by atoms with E-state index in [2.05, 4.69) is 0 Å². The summed E-state index contributed by atoms with van der Waals surface area (Å²) in [5.74, 6) is -3.14. The number of aliphatic carboxylic acids is 1. The van der Waals surface area contributed by atoms with E-state index in [1.807, 2.05) is 30.3 Å². The average molecular weight is 576 g/mol.